The van der Waals surface area contributed by atoms with Crippen molar-refractivity contribution in [2.45, 2.75) is 83.4 Å². The van der Waals surface area contributed by atoms with Crippen LogP contribution in [-0.2, 0) is 26.1 Å². The highest BCUT2D eigenvalue weighted by molar-refractivity contribution is 6.01. The second kappa shape index (κ2) is 15.1. The Morgan fingerprint density at radius 2 is 1.83 bits per heavy atom. The first kappa shape index (κ1) is 36.5. The van der Waals surface area contributed by atoms with Crippen molar-refractivity contribution >= 4 is 34.6 Å². The number of amides is 3. The van der Waals surface area contributed by atoms with Gasteiger partial charge in [0.2, 0.25) is 11.8 Å². The summed E-state index contributed by atoms with van der Waals surface area (Å²) in [5.74, 6) is 5.72. The normalized spacial score (nSPS) is 19.3. The third-order valence-electron chi connectivity index (χ3n) is 9.35. The molecule has 4 aromatic rings. The average molecular weight is 717 g/mol. The van der Waals surface area contributed by atoms with Gasteiger partial charge in [0.05, 0.1) is 29.4 Å². The smallest absolute Gasteiger partial charge is 0.412 e. The van der Waals surface area contributed by atoms with Crippen LogP contribution in [0.5, 0.6) is 0 Å². The molecule has 1 saturated carbocycles. The number of nitrogens with zero attached hydrogens (tertiary/aromatic N) is 4. The molecule has 0 radical (unpaired) electrons. The Labute approximate surface area is 299 Å². The molecule has 2 aliphatic rings. The molecule has 0 spiro atoms. The number of imide groups is 1. The molecule has 52 heavy (non-hydrogen) atoms. The third-order valence-corrected chi connectivity index (χ3v) is 9.35. The fraction of sp³-hybridized carbons (Fsp3) is 0.447. The maximum Gasteiger partial charge on any atom is 0.412 e. The summed E-state index contributed by atoms with van der Waals surface area (Å²) in [5, 5.41) is 8.86. The molecular weight excluding hydrogens is 674 g/mol. The van der Waals surface area contributed by atoms with E-state index in [2.05, 4.69) is 27.6 Å². The lowest BCUT2D eigenvalue weighted by Crippen LogP contribution is -2.44. The van der Waals surface area contributed by atoms with Gasteiger partial charge in [-0.1, -0.05) is 36.1 Å². The summed E-state index contributed by atoms with van der Waals surface area (Å²) in [6.07, 6.45) is 1.36. The van der Waals surface area contributed by atoms with E-state index in [4.69, 9.17) is 9.47 Å². The highest BCUT2D eigenvalue weighted by Gasteiger charge is 2.32. The summed E-state index contributed by atoms with van der Waals surface area (Å²) in [6, 6.07) is 12.4. The van der Waals surface area contributed by atoms with Gasteiger partial charge in [0.25, 0.3) is 6.43 Å². The molecular formula is C38H42F2N6O6. The molecule has 274 valence electrons. The molecule has 2 N–H and O–H groups in total. The Hall–Kier alpha value is -5.29. The fourth-order valence-corrected chi connectivity index (χ4v) is 6.92. The monoisotopic (exact) mass is 716 g/mol. The minimum absolute atomic E-state index is 0.0506. The number of imidazole rings is 1. The Morgan fingerprint density at radius 3 is 2.54 bits per heavy atom. The van der Waals surface area contributed by atoms with Gasteiger partial charge in [0.1, 0.15) is 18.2 Å². The first-order chi connectivity index (χ1) is 24.8. The molecule has 2 aromatic heterocycles. The van der Waals surface area contributed by atoms with Crippen LogP contribution in [0.1, 0.15) is 89.1 Å². The lowest BCUT2D eigenvalue weighted by atomic mass is 9.86. The van der Waals surface area contributed by atoms with Crippen LogP contribution in [0.2, 0.25) is 0 Å². The van der Waals surface area contributed by atoms with Crippen molar-refractivity contribution in [1.82, 2.24) is 24.2 Å². The molecule has 0 bridgehead atoms. The Balaban J connectivity index is 1.04. The molecule has 2 fully saturated rings. The first-order valence-electron chi connectivity index (χ1n) is 17.4. The van der Waals surface area contributed by atoms with E-state index >= 15 is 0 Å². The molecule has 14 heteroatoms. The summed E-state index contributed by atoms with van der Waals surface area (Å²) in [5.41, 5.74) is 2.11. The van der Waals surface area contributed by atoms with Crippen molar-refractivity contribution in [3.63, 3.8) is 0 Å². The van der Waals surface area contributed by atoms with Crippen molar-refractivity contribution in [2.75, 3.05) is 18.5 Å². The number of carbonyl (C=O) groups excluding carboxylic acids is 3. The minimum Gasteiger partial charge on any atom is -0.444 e. The van der Waals surface area contributed by atoms with Crippen molar-refractivity contribution < 1.29 is 32.6 Å². The van der Waals surface area contributed by atoms with Crippen LogP contribution in [0, 0.1) is 17.8 Å². The number of hydrogen-bond donors (Lipinski definition) is 2. The SMILES string of the molecule is Cn1c(=O)n(C2CCC(=O)NC2=O)c2cccc(-c3cccc(C#CCOC[C@H]4CC[C@H](n5cc(NC(=O)OC(C)(C)C)c(C(F)F)n5)CC4)c3)c21. The number of alkyl halides is 2. The predicted octanol–water partition coefficient (Wildman–Crippen LogP) is 6.27. The van der Waals surface area contributed by atoms with Gasteiger partial charge in [-0.05, 0) is 82.6 Å². The molecule has 1 saturated heterocycles. The van der Waals surface area contributed by atoms with Crippen LogP contribution >= 0.6 is 0 Å². The van der Waals surface area contributed by atoms with E-state index in [0.717, 1.165) is 42.4 Å². The summed E-state index contributed by atoms with van der Waals surface area (Å²) >= 11 is 0. The number of hydrogen-bond acceptors (Lipinski definition) is 7. The van der Waals surface area contributed by atoms with E-state index in [1.807, 2.05) is 36.4 Å². The number of ether oxygens (including phenoxy) is 2. The number of rotatable bonds is 8. The minimum atomic E-state index is -2.84. The zero-order valence-corrected chi connectivity index (χ0v) is 29.6. The summed E-state index contributed by atoms with van der Waals surface area (Å²) in [6.45, 7) is 5.85. The van der Waals surface area contributed by atoms with E-state index in [9.17, 15) is 28.0 Å². The largest absolute Gasteiger partial charge is 0.444 e. The van der Waals surface area contributed by atoms with Crippen molar-refractivity contribution in [3.05, 3.63) is 70.4 Å². The van der Waals surface area contributed by atoms with Gasteiger partial charge in [-0.3, -0.25) is 34.0 Å². The Kier molecular flexibility index (Phi) is 10.6. The van der Waals surface area contributed by atoms with Gasteiger partial charge >= 0.3 is 11.8 Å². The highest BCUT2D eigenvalue weighted by atomic mass is 19.3. The number of benzene rings is 2. The number of fused-ring (bicyclic) bond motifs is 1. The summed E-state index contributed by atoms with van der Waals surface area (Å²) in [7, 11) is 1.67. The van der Waals surface area contributed by atoms with Gasteiger partial charge < -0.3 is 9.47 Å². The van der Waals surface area contributed by atoms with Crippen molar-refractivity contribution in [1.29, 1.82) is 0 Å². The van der Waals surface area contributed by atoms with E-state index < -0.39 is 35.8 Å². The molecule has 6 rings (SSSR count). The third kappa shape index (κ3) is 8.10. The summed E-state index contributed by atoms with van der Waals surface area (Å²) in [4.78, 5) is 49.9. The highest BCUT2D eigenvalue weighted by Crippen LogP contribution is 2.35. The van der Waals surface area contributed by atoms with Crippen molar-refractivity contribution in [2.24, 2.45) is 13.0 Å². The number of nitrogens with one attached hydrogen (secondary N) is 2. The number of aryl methyl sites for hydroxylation is 1. The molecule has 3 amide bonds. The van der Waals surface area contributed by atoms with Crippen LogP contribution in [0.25, 0.3) is 22.2 Å². The van der Waals surface area contributed by atoms with Crippen LogP contribution in [0.15, 0.2) is 53.5 Å². The fourth-order valence-electron chi connectivity index (χ4n) is 6.92. The standard InChI is InChI=1S/C38H42F2N6O6/c1-38(2,3)52-36(49)41-28-21-45(43-32(28)34(39)40)26-15-13-24(14-16-26)22-51-19-7-9-23-8-5-10-25(20-23)27-11-6-12-29-33(27)44(4)37(50)46(29)30-17-18-31(47)42-35(30)48/h5-6,8,10-12,20-21,24,26,30,34H,13-19,22H2,1-4H3,(H,41,49)(H,42,47,48)/t24-,26-,30?. The number of anilines is 1. The number of carbonyl (C=O) groups is 3. The van der Waals surface area contributed by atoms with Gasteiger partial charge in [0.15, 0.2) is 5.69 Å². The van der Waals surface area contributed by atoms with Crippen LogP contribution in [0.4, 0.5) is 19.3 Å². The number of para-hydroxylation sites is 1. The first-order valence-corrected chi connectivity index (χ1v) is 17.4. The lowest BCUT2D eigenvalue weighted by molar-refractivity contribution is -0.135. The maximum atomic E-state index is 13.7. The van der Waals surface area contributed by atoms with Gasteiger partial charge in [-0.2, -0.15) is 5.10 Å². The van der Waals surface area contributed by atoms with Gasteiger partial charge in [-0.25, -0.2) is 18.4 Å². The second-order valence-corrected chi connectivity index (χ2v) is 14.3. The van der Waals surface area contributed by atoms with Crippen LogP contribution in [0.3, 0.4) is 0 Å². The maximum absolute atomic E-state index is 13.7. The van der Waals surface area contributed by atoms with Gasteiger partial charge in [0, 0.05) is 30.8 Å². The number of piperidine rings is 1. The molecule has 3 heterocycles. The molecule has 2 aromatic carbocycles. The second-order valence-electron chi connectivity index (χ2n) is 14.3. The molecule has 1 unspecified atom stereocenters. The Bertz CT molecular complexity index is 2110. The Morgan fingerprint density at radius 1 is 1.08 bits per heavy atom. The number of aromatic nitrogens is 4. The van der Waals surface area contributed by atoms with Crippen molar-refractivity contribution in [3.8, 4) is 23.0 Å². The van der Waals surface area contributed by atoms with E-state index in [1.54, 1.807) is 33.9 Å². The van der Waals surface area contributed by atoms with Gasteiger partial charge in [-0.15, -0.1) is 0 Å². The van der Waals surface area contributed by atoms with E-state index in [1.165, 1.54) is 20.0 Å². The molecule has 1 aliphatic heterocycles. The predicted molar refractivity (Wildman–Crippen MR) is 190 cm³/mol. The van der Waals surface area contributed by atoms with Crippen LogP contribution in [-0.4, -0.2) is 55.6 Å². The molecule has 1 atom stereocenters. The average Bonchev–Trinajstić information content (AvgIpc) is 3.62. The lowest BCUT2D eigenvalue weighted by Gasteiger charge is -2.28. The summed E-state index contributed by atoms with van der Waals surface area (Å²) < 4.78 is 43.0. The zero-order chi connectivity index (χ0) is 37.2. The van der Waals surface area contributed by atoms with E-state index in [-0.39, 0.29) is 42.8 Å². The molecule has 1 aliphatic carbocycles. The molecule has 12 nitrogen and oxygen atoms in total. The van der Waals surface area contributed by atoms with Crippen LogP contribution < -0.4 is 16.3 Å². The van der Waals surface area contributed by atoms with E-state index in [0.29, 0.717) is 23.6 Å². The topological polar surface area (TPSA) is 138 Å². The number of halogens is 2. The quantitative estimate of drug-likeness (QED) is 0.125. The zero-order valence-electron chi connectivity index (χ0n) is 29.6.